The van der Waals surface area contributed by atoms with Gasteiger partial charge >= 0.3 is 0 Å². The quantitative estimate of drug-likeness (QED) is 0.839. The van der Waals surface area contributed by atoms with E-state index in [9.17, 15) is 4.79 Å². The van der Waals surface area contributed by atoms with Gasteiger partial charge in [0, 0.05) is 29.4 Å². The SMILES string of the molecule is Cc1ccc(NCCC(=O)Nc2cc(Cl)ccc2C)cc1C. The molecule has 0 bridgehead atoms. The fourth-order valence-electron chi connectivity index (χ4n) is 2.11. The first-order chi connectivity index (χ1) is 10.5. The number of carbonyl (C=O) groups excluding carboxylic acids is 1. The largest absolute Gasteiger partial charge is 0.385 e. The van der Waals surface area contributed by atoms with Crippen LogP contribution in [0.3, 0.4) is 0 Å². The van der Waals surface area contributed by atoms with Gasteiger partial charge in [-0.2, -0.15) is 0 Å². The maximum atomic E-state index is 12.0. The highest BCUT2D eigenvalue weighted by Crippen LogP contribution is 2.20. The maximum absolute atomic E-state index is 12.0. The van der Waals surface area contributed by atoms with Crippen molar-refractivity contribution < 1.29 is 4.79 Å². The Labute approximate surface area is 136 Å². The molecule has 0 heterocycles. The van der Waals surface area contributed by atoms with Gasteiger partial charge in [0.25, 0.3) is 0 Å². The van der Waals surface area contributed by atoms with Gasteiger partial charge in [-0.25, -0.2) is 0 Å². The minimum atomic E-state index is -0.0262. The average Bonchev–Trinajstić information content (AvgIpc) is 2.47. The van der Waals surface area contributed by atoms with E-state index in [0.717, 1.165) is 16.9 Å². The molecular formula is C18H21ClN2O. The van der Waals surface area contributed by atoms with Gasteiger partial charge in [0.1, 0.15) is 0 Å². The number of carbonyl (C=O) groups is 1. The van der Waals surface area contributed by atoms with Gasteiger partial charge in [-0.1, -0.05) is 23.7 Å². The van der Waals surface area contributed by atoms with Crippen molar-refractivity contribution in [1.82, 2.24) is 0 Å². The van der Waals surface area contributed by atoms with Gasteiger partial charge in [-0.05, 0) is 61.7 Å². The van der Waals surface area contributed by atoms with Crippen LogP contribution in [0.15, 0.2) is 36.4 Å². The van der Waals surface area contributed by atoms with Crippen molar-refractivity contribution in [3.05, 3.63) is 58.1 Å². The van der Waals surface area contributed by atoms with E-state index in [4.69, 9.17) is 11.6 Å². The van der Waals surface area contributed by atoms with E-state index in [1.807, 2.05) is 25.1 Å². The van der Waals surface area contributed by atoms with Crippen LogP contribution < -0.4 is 10.6 Å². The monoisotopic (exact) mass is 316 g/mol. The predicted octanol–water partition coefficient (Wildman–Crippen LogP) is 4.71. The minimum Gasteiger partial charge on any atom is -0.385 e. The van der Waals surface area contributed by atoms with Crippen LogP contribution in [0.1, 0.15) is 23.1 Å². The lowest BCUT2D eigenvalue weighted by atomic mass is 10.1. The van der Waals surface area contributed by atoms with E-state index in [1.165, 1.54) is 11.1 Å². The zero-order chi connectivity index (χ0) is 16.1. The smallest absolute Gasteiger partial charge is 0.226 e. The number of hydrogen-bond donors (Lipinski definition) is 2. The van der Waals surface area contributed by atoms with Crippen molar-refractivity contribution in [2.24, 2.45) is 0 Å². The van der Waals surface area contributed by atoms with Crippen LogP contribution >= 0.6 is 11.6 Å². The standard InChI is InChI=1S/C18H21ClN2O/c1-12-5-7-16(10-14(12)3)20-9-8-18(22)21-17-11-15(19)6-4-13(17)2/h4-7,10-11,20H,8-9H2,1-3H3,(H,21,22). The zero-order valence-electron chi connectivity index (χ0n) is 13.2. The van der Waals surface area contributed by atoms with Crippen LogP contribution in [0.2, 0.25) is 5.02 Å². The fraction of sp³-hybridized carbons (Fsp3) is 0.278. The predicted molar refractivity (Wildman–Crippen MR) is 93.8 cm³/mol. The molecule has 1 amide bonds. The van der Waals surface area contributed by atoms with Crippen LogP contribution in [-0.2, 0) is 4.79 Å². The van der Waals surface area contributed by atoms with Gasteiger partial charge < -0.3 is 10.6 Å². The molecule has 2 N–H and O–H groups in total. The maximum Gasteiger partial charge on any atom is 0.226 e. The van der Waals surface area contributed by atoms with Crippen LogP contribution in [0, 0.1) is 20.8 Å². The summed E-state index contributed by atoms with van der Waals surface area (Å²) in [4.78, 5) is 12.0. The van der Waals surface area contributed by atoms with E-state index in [0.29, 0.717) is 18.0 Å². The van der Waals surface area contributed by atoms with E-state index in [-0.39, 0.29) is 5.91 Å². The first-order valence-electron chi connectivity index (χ1n) is 7.33. The Hall–Kier alpha value is -2.00. The van der Waals surface area contributed by atoms with Crippen LogP contribution in [-0.4, -0.2) is 12.5 Å². The molecule has 3 nitrogen and oxygen atoms in total. The van der Waals surface area contributed by atoms with Crippen molar-refractivity contribution in [2.45, 2.75) is 27.2 Å². The third kappa shape index (κ3) is 4.50. The summed E-state index contributed by atoms with van der Waals surface area (Å²) in [5.74, 6) is -0.0262. The molecule has 2 aromatic carbocycles. The molecule has 0 fully saturated rings. The summed E-state index contributed by atoms with van der Waals surface area (Å²) in [6.45, 7) is 6.70. The number of aryl methyl sites for hydroxylation is 3. The Bertz CT molecular complexity index is 683. The summed E-state index contributed by atoms with van der Waals surface area (Å²) in [5, 5.41) is 6.78. The molecule has 0 unspecified atom stereocenters. The molecule has 116 valence electrons. The van der Waals surface area contributed by atoms with Gasteiger partial charge in [0.15, 0.2) is 0 Å². The highest BCUT2D eigenvalue weighted by atomic mass is 35.5. The van der Waals surface area contributed by atoms with E-state index in [1.54, 1.807) is 6.07 Å². The number of amides is 1. The molecule has 0 radical (unpaired) electrons. The highest BCUT2D eigenvalue weighted by molar-refractivity contribution is 6.31. The topological polar surface area (TPSA) is 41.1 Å². The lowest BCUT2D eigenvalue weighted by molar-refractivity contribution is -0.115. The highest BCUT2D eigenvalue weighted by Gasteiger charge is 2.05. The summed E-state index contributed by atoms with van der Waals surface area (Å²) in [6, 6.07) is 11.7. The lowest BCUT2D eigenvalue weighted by Crippen LogP contribution is -2.16. The van der Waals surface area contributed by atoms with E-state index < -0.39 is 0 Å². The molecule has 0 aromatic heterocycles. The molecule has 0 aliphatic rings. The van der Waals surface area contributed by atoms with Crippen LogP contribution in [0.4, 0.5) is 11.4 Å². The molecule has 0 aliphatic heterocycles. The molecule has 22 heavy (non-hydrogen) atoms. The van der Waals surface area contributed by atoms with Gasteiger partial charge in [-0.15, -0.1) is 0 Å². The van der Waals surface area contributed by atoms with Gasteiger partial charge in [0.2, 0.25) is 5.91 Å². The molecular weight excluding hydrogens is 296 g/mol. The van der Waals surface area contributed by atoms with Crippen molar-refractivity contribution >= 4 is 28.9 Å². The molecule has 0 aliphatic carbocycles. The number of nitrogens with one attached hydrogen (secondary N) is 2. The first-order valence-corrected chi connectivity index (χ1v) is 7.70. The Morgan fingerprint density at radius 1 is 1.00 bits per heavy atom. The molecule has 0 saturated carbocycles. The summed E-state index contributed by atoms with van der Waals surface area (Å²) in [5.41, 5.74) is 5.31. The average molecular weight is 317 g/mol. The third-order valence-corrected chi connectivity index (χ3v) is 3.90. The summed E-state index contributed by atoms with van der Waals surface area (Å²) >= 11 is 5.95. The normalized spacial score (nSPS) is 10.4. The van der Waals surface area contributed by atoms with Crippen molar-refractivity contribution in [3.8, 4) is 0 Å². The number of anilines is 2. The second kappa shape index (κ2) is 7.32. The number of benzene rings is 2. The van der Waals surface area contributed by atoms with E-state index >= 15 is 0 Å². The van der Waals surface area contributed by atoms with Crippen molar-refractivity contribution in [1.29, 1.82) is 0 Å². The number of hydrogen-bond acceptors (Lipinski definition) is 2. The van der Waals surface area contributed by atoms with Crippen molar-refractivity contribution in [2.75, 3.05) is 17.2 Å². The second-order valence-corrected chi connectivity index (χ2v) is 5.92. The molecule has 2 aromatic rings. The van der Waals surface area contributed by atoms with Gasteiger partial charge in [0.05, 0.1) is 0 Å². The number of rotatable bonds is 5. The summed E-state index contributed by atoms with van der Waals surface area (Å²) < 4.78 is 0. The molecule has 0 atom stereocenters. The summed E-state index contributed by atoms with van der Waals surface area (Å²) in [6.07, 6.45) is 0.402. The summed E-state index contributed by atoms with van der Waals surface area (Å²) in [7, 11) is 0. The van der Waals surface area contributed by atoms with Gasteiger partial charge in [-0.3, -0.25) is 4.79 Å². The minimum absolute atomic E-state index is 0.0262. The Morgan fingerprint density at radius 2 is 1.73 bits per heavy atom. The Balaban J connectivity index is 1.85. The fourth-order valence-corrected chi connectivity index (χ4v) is 2.29. The Morgan fingerprint density at radius 3 is 2.45 bits per heavy atom. The number of halogens is 1. The molecule has 0 saturated heterocycles. The van der Waals surface area contributed by atoms with E-state index in [2.05, 4.69) is 36.6 Å². The van der Waals surface area contributed by atoms with Crippen LogP contribution in [0.5, 0.6) is 0 Å². The Kier molecular flexibility index (Phi) is 5.45. The molecule has 2 rings (SSSR count). The molecule has 0 spiro atoms. The van der Waals surface area contributed by atoms with Crippen molar-refractivity contribution in [3.63, 3.8) is 0 Å². The first kappa shape index (κ1) is 16.4. The zero-order valence-corrected chi connectivity index (χ0v) is 13.9. The van der Waals surface area contributed by atoms with Crippen LogP contribution in [0.25, 0.3) is 0 Å². The second-order valence-electron chi connectivity index (χ2n) is 5.48. The molecule has 4 heteroatoms. The lowest BCUT2D eigenvalue weighted by Gasteiger charge is -2.11. The third-order valence-electron chi connectivity index (χ3n) is 3.66.